The molecule has 0 aliphatic rings. The van der Waals surface area contributed by atoms with Gasteiger partial charge in [0.05, 0.1) is 0 Å². The Labute approximate surface area is 123 Å². The first kappa shape index (κ1) is 16.2. The van der Waals surface area contributed by atoms with Crippen LogP contribution in [0.25, 0.3) is 0 Å². The van der Waals surface area contributed by atoms with E-state index in [1.165, 1.54) is 0 Å². The van der Waals surface area contributed by atoms with Crippen LogP contribution in [0.3, 0.4) is 0 Å². The molecule has 0 aliphatic heterocycles. The van der Waals surface area contributed by atoms with Crippen LogP contribution in [0.5, 0.6) is 0 Å². The minimum absolute atomic E-state index is 0.365. The Kier molecular flexibility index (Phi) is 7.75. The van der Waals surface area contributed by atoms with Gasteiger partial charge in [-0.15, -0.1) is 0 Å². The van der Waals surface area contributed by atoms with E-state index in [0.717, 1.165) is 11.1 Å². The lowest BCUT2D eigenvalue weighted by Crippen LogP contribution is -2.19. The fourth-order valence-electron chi connectivity index (χ4n) is 1.48. The summed E-state index contributed by atoms with van der Waals surface area (Å²) < 4.78 is 4.54. The molecule has 2 N–H and O–H groups in total. The standard InChI is InChI=1S/C8H9NO2.C8H8O2/c10-8(11)9-6-7-4-2-1-3-5-7;9-7-10-6-8-4-2-1-3-5-8/h1-5,9H,6H2,(H,10,11);1-5,7H,6H2. The number of nitrogens with one attached hydrogen (secondary N) is 1. The number of hydrogen-bond acceptors (Lipinski definition) is 3. The van der Waals surface area contributed by atoms with Gasteiger partial charge in [-0.1, -0.05) is 60.7 Å². The van der Waals surface area contributed by atoms with Crippen LogP contribution in [-0.4, -0.2) is 17.7 Å². The molecule has 0 atom stereocenters. The Morgan fingerprint density at radius 1 is 1.00 bits per heavy atom. The number of carbonyl (C=O) groups is 2. The third kappa shape index (κ3) is 8.05. The van der Waals surface area contributed by atoms with Gasteiger partial charge in [0, 0.05) is 6.54 Å². The summed E-state index contributed by atoms with van der Waals surface area (Å²) >= 11 is 0. The Balaban J connectivity index is 0.000000211. The van der Waals surface area contributed by atoms with Crippen molar-refractivity contribution >= 4 is 12.6 Å². The fourth-order valence-corrected chi connectivity index (χ4v) is 1.48. The van der Waals surface area contributed by atoms with Crippen LogP contribution in [0.4, 0.5) is 4.79 Å². The smallest absolute Gasteiger partial charge is 0.404 e. The normalized spacial score (nSPS) is 8.95. The number of rotatable bonds is 5. The molecule has 0 spiro atoms. The van der Waals surface area contributed by atoms with Crippen molar-refractivity contribution in [2.75, 3.05) is 0 Å². The van der Waals surface area contributed by atoms with Crippen molar-refractivity contribution in [2.24, 2.45) is 0 Å². The monoisotopic (exact) mass is 287 g/mol. The van der Waals surface area contributed by atoms with Gasteiger partial charge in [-0.05, 0) is 11.1 Å². The van der Waals surface area contributed by atoms with Crippen molar-refractivity contribution in [3.8, 4) is 0 Å². The van der Waals surface area contributed by atoms with Gasteiger partial charge in [-0.3, -0.25) is 4.79 Å². The molecule has 2 aromatic rings. The molecule has 0 aromatic heterocycles. The third-order valence-corrected chi connectivity index (χ3v) is 2.45. The van der Waals surface area contributed by atoms with Crippen LogP contribution >= 0.6 is 0 Å². The first-order chi connectivity index (χ1) is 10.2. The summed E-state index contributed by atoms with van der Waals surface area (Å²) in [6.45, 7) is 1.19. The van der Waals surface area contributed by atoms with E-state index in [4.69, 9.17) is 5.11 Å². The minimum atomic E-state index is -0.992. The molecule has 0 saturated heterocycles. The van der Waals surface area contributed by atoms with Gasteiger partial charge in [-0.25, -0.2) is 4.79 Å². The predicted octanol–water partition coefficient (Wildman–Crippen LogP) is 2.81. The summed E-state index contributed by atoms with van der Waals surface area (Å²) in [5.74, 6) is 0. The lowest BCUT2D eigenvalue weighted by Gasteiger charge is -1.98. The highest BCUT2D eigenvalue weighted by Crippen LogP contribution is 1.98. The highest BCUT2D eigenvalue weighted by molar-refractivity contribution is 5.64. The Hall–Kier alpha value is -2.82. The molecule has 0 heterocycles. The van der Waals surface area contributed by atoms with E-state index in [9.17, 15) is 9.59 Å². The number of benzene rings is 2. The number of hydrogen-bond donors (Lipinski definition) is 2. The van der Waals surface area contributed by atoms with Crippen LogP contribution in [0, 0.1) is 0 Å². The Bertz CT molecular complexity index is 528. The third-order valence-electron chi connectivity index (χ3n) is 2.45. The van der Waals surface area contributed by atoms with Crippen LogP contribution in [0.15, 0.2) is 60.7 Å². The van der Waals surface area contributed by atoms with Gasteiger partial charge in [0.1, 0.15) is 6.61 Å². The SMILES string of the molecule is O=C(O)NCc1ccccc1.O=COCc1ccccc1. The summed E-state index contributed by atoms with van der Waals surface area (Å²) in [6, 6.07) is 18.9. The van der Waals surface area contributed by atoms with Crippen molar-refractivity contribution in [3.63, 3.8) is 0 Å². The van der Waals surface area contributed by atoms with Crippen molar-refractivity contribution in [3.05, 3.63) is 71.8 Å². The molecule has 0 bridgehead atoms. The summed E-state index contributed by atoms with van der Waals surface area (Å²) in [5, 5.41) is 10.5. The van der Waals surface area contributed by atoms with Crippen molar-refractivity contribution in [1.82, 2.24) is 5.32 Å². The molecule has 21 heavy (non-hydrogen) atoms. The second kappa shape index (κ2) is 10.0. The molecule has 0 fully saturated rings. The van der Waals surface area contributed by atoms with Crippen LogP contribution in [-0.2, 0) is 22.7 Å². The zero-order valence-electron chi connectivity index (χ0n) is 11.4. The van der Waals surface area contributed by atoms with E-state index >= 15 is 0 Å². The molecule has 2 aromatic carbocycles. The molecule has 110 valence electrons. The van der Waals surface area contributed by atoms with E-state index < -0.39 is 6.09 Å². The van der Waals surface area contributed by atoms with E-state index in [0.29, 0.717) is 19.6 Å². The van der Waals surface area contributed by atoms with E-state index in [1.54, 1.807) is 0 Å². The molecule has 5 heteroatoms. The molecular formula is C16H17NO4. The van der Waals surface area contributed by atoms with Crippen molar-refractivity contribution < 1.29 is 19.4 Å². The van der Waals surface area contributed by atoms with Crippen molar-refractivity contribution in [1.29, 1.82) is 0 Å². The summed E-state index contributed by atoms with van der Waals surface area (Å²) in [5.41, 5.74) is 1.98. The second-order valence-electron chi connectivity index (χ2n) is 4.04. The number of carbonyl (C=O) groups excluding carboxylic acids is 1. The number of carboxylic acid groups (broad SMARTS) is 1. The Morgan fingerprint density at radius 3 is 2.00 bits per heavy atom. The second-order valence-corrected chi connectivity index (χ2v) is 4.04. The molecule has 0 saturated carbocycles. The van der Waals surface area contributed by atoms with Crippen LogP contribution < -0.4 is 5.32 Å². The summed E-state index contributed by atoms with van der Waals surface area (Å²) in [6.07, 6.45) is -0.992. The minimum Gasteiger partial charge on any atom is -0.465 e. The van der Waals surface area contributed by atoms with E-state index in [1.807, 2.05) is 60.7 Å². The van der Waals surface area contributed by atoms with Gasteiger partial charge < -0.3 is 15.2 Å². The van der Waals surface area contributed by atoms with Crippen LogP contribution in [0.2, 0.25) is 0 Å². The van der Waals surface area contributed by atoms with E-state index in [2.05, 4.69) is 10.1 Å². The molecule has 5 nitrogen and oxygen atoms in total. The van der Waals surface area contributed by atoms with Crippen LogP contribution in [0.1, 0.15) is 11.1 Å². The van der Waals surface area contributed by atoms with E-state index in [-0.39, 0.29) is 0 Å². The number of ether oxygens (including phenoxy) is 1. The molecule has 1 amide bonds. The predicted molar refractivity (Wildman–Crippen MR) is 78.6 cm³/mol. The molecule has 2 rings (SSSR count). The molecular weight excluding hydrogens is 270 g/mol. The summed E-state index contributed by atoms with van der Waals surface area (Å²) in [4.78, 5) is 19.8. The summed E-state index contributed by atoms with van der Waals surface area (Å²) in [7, 11) is 0. The van der Waals surface area contributed by atoms with Crippen molar-refractivity contribution in [2.45, 2.75) is 13.2 Å². The topological polar surface area (TPSA) is 75.6 Å². The lowest BCUT2D eigenvalue weighted by molar-refractivity contribution is -0.129. The van der Waals surface area contributed by atoms with Gasteiger partial charge in [0.2, 0.25) is 0 Å². The highest BCUT2D eigenvalue weighted by atomic mass is 16.5. The highest BCUT2D eigenvalue weighted by Gasteiger charge is 1.93. The maximum Gasteiger partial charge on any atom is 0.404 e. The molecule has 0 unspecified atom stereocenters. The van der Waals surface area contributed by atoms with Gasteiger partial charge >= 0.3 is 6.09 Å². The maximum atomic E-state index is 10.1. The van der Waals surface area contributed by atoms with Gasteiger partial charge in [0.15, 0.2) is 0 Å². The zero-order chi connectivity index (χ0) is 15.3. The Morgan fingerprint density at radius 2 is 1.52 bits per heavy atom. The first-order valence-corrected chi connectivity index (χ1v) is 6.32. The average Bonchev–Trinajstić information content (AvgIpc) is 2.53. The van der Waals surface area contributed by atoms with Gasteiger partial charge in [0.25, 0.3) is 6.47 Å². The fraction of sp³-hybridized carbons (Fsp3) is 0.125. The van der Waals surface area contributed by atoms with Gasteiger partial charge in [-0.2, -0.15) is 0 Å². The first-order valence-electron chi connectivity index (χ1n) is 6.32. The average molecular weight is 287 g/mol. The molecule has 0 aliphatic carbocycles. The quantitative estimate of drug-likeness (QED) is 0.829. The lowest BCUT2D eigenvalue weighted by atomic mass is 10.2. The number of amides is 1. The molecule has 0 radical (unpaired) electrons. The maximum absolute atomic E-state index is 10.1. The largest absolute Gasteiger partial charge is 0.465 e. The zero-order valence-corrected chi connectivity index (χ0v) is 11.4.